The molecular formula is C48H30. The molecule has 0 nitrogen and oxygen atoms in total. The van der Waals surface area contributed by atoms with Crippen LogP contribution in [0.15, 0.2) is 181 Å². The van der Waals surface area contributed by atoms with E-state index in [9.17, 15) is 17.8 Å². The van der Waals surface area contributed by atoms with Gasteiger partial charge in [-0.25, -0.2) is 0 Å². The van der Waals surface area contributed by atoms with E-state index < -0.39 is 279 Å². The van der Waals surface area contributed by atoms with Gasteiger partial charge >= 0.3 is 0 Å². The zero-order valence-corrected chi connectivity index (χ0v) is 24.0. The second-order valence-corrected chi connectivity index (χ2v) is 10.5. The predicted octanol–water partition coefficient (Wildman–Crippen LogP) is 13.6. The van der Waals surface area contributed by atoms with Crippen LogP contribution in [0.5, 0.6) is 0 Å². The number of hydrogen-bond acceptors (Lipinski definition) is 0. The van der Waals surface area contributed by atoms with Crippen LogP contribution in [-0.2, 0) is 0 Å². The van der Waals surface area contributed by atoms with Crippen molar-refractivity contribution in [2.45, 2.75) is 0 Å². The van der Waals surface area contributed by atoms with Gasteiger partial charge < -0.3 is 0 Å². The van der Waals surface area contributed by atoms with Crippen LogP contribution in [-0.4, -0.2) is 0 Å². The van der Waals surface area contributed by atoms with Gasteiger partial charge in [0.25, 0.3) is 0 Å². The molecule has 0 aliphatic heterocycles. The number of benzene rings is 10. The summed E-state index contributed by atoms with van der Waals surface area (Å²) < 4.78 is 273. The summed E-state index contributed by atoms with van der Waals surface area (Å²) >= 11 is 0. The lowest BCUT2D eigenvalue weighted by molar-refractivity contribution is 1.66. The highest BCUT2D eigenvalue weighted by Gasteiger charge is 2.19. The van der Waals surface area contributed by atoms with Gasteiger partial charge in [0.15, 0.2) is 0 Å². The van der Waals surface area contributed by atoms with Crippen molar-refractivity contribution in [3.63, 3.8) is 0 Å². The van der Waals surface area contributed by atoms with E-state index in [2.05, 4.69) is 0 Å². The molecule has 0 atom stereocenters. The van der Waals surface area contributed by atoms with E-state index in [0.29, 0.717) is 0 Å². The maximum Gasteiger partial charge on any atom is 0.0636 e. The topological polar surface area (TPSA) is 0 Å². The number of hydrogen-bond donors (Lipinski definition) is 0. The summed E-state index contributed by atoms with van der Waals surface area (Å²) in [6, 6.07) is -29.2. The minimum Gasteiger partial charge on any atom is -0.0616 e. The van der Waals surface area contributed by atoms with Gasteiger partial charge in [-0.05, 0) is 116 Å². The fourth-order valence-corrected chi connectivity index (χ4v) is 5.78. The van der Waals surface area contributed by atoms with Gasteiger partial charge in [-0.15, -0.1) is 0 Å². The summed E-state index contributed by atoms with van der Waals surface area (Å²) in [4.78, 5) is 0. The van der Waals surface area contributed by atoms with Gasteiger partial charge in [-0.3, -0.25) is 0 Å². The first-order valence-corrected chi connectivity index (χ1v) is 14.2. The van der Waals surface area contributed by atoms with Crippen molar-refractivity contribution in [3.05, 3.63) is 181 Å². The van der Waals surface area contributed by atoms with E-state index in [1.165, 1.54) is 0 Å². The summed E-state index contributed by atoms with van der Waals surface area (Å²) in [5.74, 6) is 0. The maximum atomic E-state index is 10.3. The first-order valence-electron chi connectivity index (χ1n) is 29.2. The van der Waals surface area contributed by atoms with E-state index in [0.717, 1.165) is 0 Å². The Labute approximate surface area is 321 Å². The minimum atomic E-state index is -1.16. The van der Waals surface area contributed by atoms with Gasteiger partial charge in [0.1, 0.15) is 0 Å². The van der Waals surface area contributed by atoms with Gasteiger partial charge in [0, 0.05) is 0 Å². The lowest BCUT2D eigenvalue weighted by atomic mass is 9.84. The monoisotopic (exact) mass is 636 g/mol. The first kappa shape index (κ1) is 10.6. The van der Waals surface area contributed by atoms with E-state index in [1.807, 2.05) is 0 Å². The average molecular weight is 637 g/mol. The van der Waals surface area contributed by atoms with E-state index in [1.54, 1.807) is 0 Å². The van der Waals surface area contributed by atoms with Crippen molar-refractivity contribution in [1.82, 2.24) is 0 Å². The summed E-state index contributed by atoms with van der Waals surface area (Å²) in [5.41, 5.74) is -5.23. The Hall–Kier alpha value is -6.24. The Morgan fingerprint density at radius 1 is 0.250 bits per heavy atom. The molecule has 0 N–H and O–H groups in total. The molecule has 0 saturated carbocycles. The van der Waals surface area contributed by atoms with Crippen molar-refractivity contribution in [3.8, 4) is 33.4 Å². The highest BCUT2D eigenvalue weighted by molar-refractivity contribution is 6.23. The molecule has 0 aliphatic carbocycles. The summed E-state index contributed by atoms with van der Waals surface area (Å²) in [5, 5.41) is -8.60. The summed E-state index contributed by atoms with van der Waals surface area (Å²) in [6.07, 6.45) is 0. The molecule has 0 heterocycles. The molecule has 222 valence electrons. The molecule has 10 aromatic carbocycles. The molecule has 0 spiro atoms. The largest absolute Gasteiger partial charge is 0.0636 e. The van der Waals surface area contributed by atoms with Crippen LogP contribution in [0.3, 0.4) is 0 Å². The van der Waals surface area contributed by atoms with Crippen LogP contribution >= 0.6 is 0 Å². The van der Waals surface area contributed by atoms with Crippen LogP contribution < -0.4 is 0 Å². The maximum absolute atomic E-state index is 10.3. The highest BCUT2D eigenvalue weighted by Crippen LogP contribution is 2.46. The minimum absolute atomic E-state index is 0.550. The van der Waals surface area contributed by atoms with Gasteiger partial charge in [0.2, 0.25) is 0 Å². The summed E-state index contributed by atoms with van der Waals surface area (Å²) in [6.45, 7) is 0. The van der Waals surface area contributed by atoms with Crippen molar-refractivity contribution in [1.29, 1.82) is 0 Å². The second-order valence-electron chi connectivity index (χ2n) is 10.5. The van der Waals surface area contributed by atoms with Gasteiger partial charge in [-0.2, -0.15) is 0 Å². The third kappa shape index (κ3) is 4.16. The smallest absolute Gasteiger partial charge is 0.0616 e. The zero-order chi connectivity index (χ0) is 57.7. The quantitative estimate of drug-likeness (QED) is 0.134. The molecule has 10 rings (SSSR count). The SMILES string of the molecule is [2H]c1c([2H])c([2H])c2c([2H])c(-c3c4c([2H])c([2H])c([2H])c([2H])c4c(-c4c([2H])c([2H])c5c(c4[2H])c([2H])c([2H])c4c([2H])c([2H])c([2H])c([2H])c45)c4c([2H])c([2H])c(-c5c([2H])c([2H])c([2H])c6c([2H])c([2H])c([2H])c([2H])c56)c([2H])c34)c([2H])c([2H])c2c1[2H]. The third-order valence-electron chi connectivity index (χ3n) is 7.88. The third-order valence-corrected chi connectivity index (χ3v) is 7.88. The van der Waals surface area contributed by atoms with Crippen LogP contribution in [0.1, 0.15) is 41.1 Å². The lowest BCUT2D eigenvalue weighted by Crippen LogP contribution is -1.92. The molecule has 0 saturated heterocycles. The fourth-order valence-electron chi connectivity index (χ4n) is 5.78. The Bertz CT molecular complexity index is 4590. The van der Waals surface area contributed by atoms with Gasteiger partial charge in [-0.1, -0.05) is 163 Å². The second kappa shape index (κ2) is 10.7. The Morgan fingerprint density at radius 3 is 1.50 bits per heavy atom. The Kier molecular flexibility index (Phi) is 2.36. The standard InChI is InChI=1S/C48H30/c1-2-13-34-28-37(23-20-31(34)10-1)48-44-18-8-7-17-43(44)47(38-25-26-42-35(29-38)22-21-33-12-4-6-16-40(33)42)45-27-24-36(30-46(45)48)41-19-9-14-32-11-3-5-15-39(32)41/h1-30H/i1D,2D,3D,4D,5D,6D,7D,8D,9D,10D,11D,12D,13D,14D,15D,16D,17D,18D,19D,20D,21D,22D,23D,24D,25D,26D,27D,28D,29D,30D. The van der Waals surface area contributed by atoms with Crippen LogP contribution in [0.25, 0.3) is 98.0 Å². The van der Waals surface area contributed by atoms with Crippen LogP contribution in [0, 0.1) is 0 Å². The fraction of sp³-hybridized carbons (Fsp3) is 0. The van der Waals surface area contributed by atoms with Crippen LogP contribution in [0.2, 0.25) is 0 Å². The average Bonchev–Trinajstić information content (AvgIpc) is 3.60. The number of fused-ring (bicyclic) bond motifs is 7. The molecule has 0 fully saturated rings. The predicted molar refractivity (Wildman–Crippen MR) is 208 cm³/mol. The molecule has 0 bridgehead atoms. The molecule has 0 radical (unpaired) electrons. The van der Waals surface area contributed by atoms with Crippen molar-refractivity contribution in [2.75, 3.05) is 0 Å². The van der Waals surface area contributed by atoms with E-state index in [-0.39, 0.29) is 0 Å². The zero-order valence-electron chi connectivity index (χ0n) is 54.0. The molecule has 0 amide bonds. The van der Waals surface area contributed by atoms with Gasteiger partial charge in [0.05, 0.1) is 41.1 Å². The first-order chi connectivity index (χ1) is 36.3. The molecule has 10 aromatic rings. The Morgan fingerprint density at radius 2 is 0.708 bits per heavy atom. The Balaban J connectivity index is 1.60. The van der Waals surface area contributed by atoms with E-state index in [4.69, 9.17) is 23.3 Å². The normalized spacial score (nSPS) is 20.5. The molecule has 0 heteroatoms. The van der Waals surface area contributed by atoms with Crippen molar-refractivity contribution >= 4 is 64.6 Å². The molecule has 0 unspecified atom stereocenters. The molecule has 0 aromatic heterocycles. The molecule has 48 heavy (non-hydrogen) atoms. The van der Waals surface area contributed by atoms with E-state index >= 15 is 0 Å². The highest BCUT2D eigenvalue weighted by atomic mass is 14.2. The molecular weight excluding hydrogens is 577 g/mol. The molecule has 0 aliphatic rings. The van der Waals surface area contributed by atoms with Crippen molar-refractivity contribution in [2.24, 2.45) is 0 Å². The number of rotatable bonds is 3. The summed E-state index contributed by atoms with van der Waals surface area (Å²) in [7, 11) is 0. The van der Waals surface area contributed by atoms with Crippen LogP contribution in [0.4, 0.5) is 0 Å². The lowest BCUT2D eigenvalue weighted by Gasteiger charge is -2.19. The van der Waals surface area contributed by atoms with Crippen molar-refractivity contribution < 1.29 is 41.1 Å².